The third-order valence-electron chi connectivity index (χ3n) is 3.27. The first-order chi connectivity index (χ1) is 11.0. The van der Waals surface area contributed by atoms with E-state index < -0.39 is 0 Å². The van der Waals surface area contributed by atoms with E-state index in [1.54, 1.807) is 19.1 Å². The summed E-state index contributed by atoms with van der Waals surface area (Å²) in [5.41, 5.74) is 5.67. The van der Waals surface area contributed by atoms with Gasteiger partial charge in [-0.25, -0.2) is 5.43 Å². The largest absolute Gasteiger partial charge is 0.507 e. The van der Waals surface area contributed by atoms with Gasteiger partial charge in [-0.05, 0) is 43.2 Å². The molecule has 23 heavy (non-hydrogen) atoms. The minimum Gasteiger partial charge on any atom is -0.507 e. The van der Waals surface area contributed by atoms with Gasteiger partial charge in [-0.3, -0.25) is 4.79 Å². The number of carbonyl (C=O) groups excluding carboxylic acids is 1. The molecule has 0 aliphatic rings. The van der Waals surface area contributed by atoms with Gasteiger partial charge in [0.05, 0.1) is 12.8 Å². The van der Waals surface area contributed by atoms with Crippen molar-refractivity contribution in [1.82, 2.24) is 5.43 Å². The highest BCUT2D eigenvalue weighted by Gasteiger charge is 2.05. The van der Waals surface area contributed by atoms with Crippen LogP contribution in [0.15, 0.2) is 46.0 Å². The lowest BCUT2D eigenvalue weighted by Gasteiger charge is -2.08. The van der Waals surface area contributed by atoms with Gasteiger partial charge in [0.1, 0.15) is 5.75 Å². The molecular weight excluding hydrogens is 358 g/mol. The third kappa shape index (κ3) is 4.82. The molecule has 0 aromatic heterocycles. The average Bonchev–Trinajstić information content (AvgIpc) is 2.51. The van der Waals surface area contributed by atoms with Crippen molar-refractivity contribution in [3.63, 3.8) is 0 Å². The second-order valence-corrected chi connectivity index (χ2v) is 6.04. The molecule has 1 amide bonds. The molecule has 0 bridgehead atoms. The average molecular weight is 376 g/mol. The summed E-state index contributed by atoms with van der Waals surface area (Å²) in [6.07, 6.45) is 1.42. The van der Waals surface area contributed by atoms with Crippen molar-refractivity contribution in [1.29, 1.82) is 0 Å². The van der Waals surface area contributed by atoms with E-state index in [0.29, 0.717) is 5.56 Å². The number of hydrogen-bond donors (Lipinski definition) is 3. The van der Waals surface area contributed by atoms with Gasteiger partial charge in [-0.2, -0.15) is 5.10 Å². The monoisotopic (exact) mass is 375 g/mol. The number of benzene rings is 2. The van der Waals surface area contributed by atoms with Crippen molar-refractivity contribution in [3.05, 3.63) is 57.6 Å². The normalized spacial score (nSPS) is 10.7. The van der Waals surface area contributed by atoms with Crippen LogP contribution < -0.4 is 10.7 Å². The fourth-order valence-corrected chi connectivity index (χ4v) is 2.61. The first-order valence-electron chi connectivity index (χ1n) is 7.08. The number of phenols is 1. The van der Waals surface area contributed by atoms with E-state index in [-0.39, 0.29) is 18.2 Å². The van der Waals surface area contributed by atoms with Crippen LogP contribution >= 0.6 is 15.9 Å². The summed E-state index contributed by atoms with van der Waals surface area (Å²) < 4.78 is 0.835. The SMILES string of the molecule is Cc1ccccc1NCC(=O)N/N=C\c1cc(Br)cc(C)c1O. The summed E-state index contributed by atoms with van der Waals surface area (Å²) >= 11 is 3.36. The first-order valence-corrected chi connectivity index (χ1v) is 7.87. The quantitative estimate of drug-likeness (QED) is 0.554. The van der Waals surface area contributed by atoms with Gasteiger partial charge in [-0.1, -0.05) is 34.1 Å². The molecule has 120 valence electrons. The van der Waals surface area contributed by atoms with Crippen LogP contribution in [-0.2, 0) is 4.79 Å². The maximum absolute atomic E-state index is 11.8. The van der Waals surface area contributed by atoms with Gasteiger partial charge in [0.15, 0.2) is 0 Å². The van der Waals surface area contributed by atoms with Crippen LogP contribution in [0.2, 0.25) is 0 Å². The molecule has 0 saturated carbocycles. The lowest BCUT2D eigenvalue weighted by Crippen LogP contribution is -2.26. The van der Waals surface area contributed by atoms with Crippen molar-refractivity contribution in [2.75, 3.05) is 11.9 Å². The highest BCUT2D eigenvalue weighted by Crippen LogP contribution is 2.25. The molecule has 2 aromatic carbocycles. The summed E-state index contributed by atoms with van der Waals surface area (Å²) in [5, 5.41) is 16.9. The number of halogens is 1. The van der Waals surface area contributed by atoms with Crippen LogP contribution in [0.5, 0.6) is 5.75 Å². The molecule has 0 aliphatic carbocycles. The Bertz CT molecular complexity index is 745. The predicted octanol–water partition coefficient (Wildman–Crippen LogP) is 3.33. The number of nitrogens with one attached hydrogen (secondary N) is 2. The molecule has 5 nitrogen and oxygen atoms in total. The molecule has 2 rings (SSSR count). The topological polar surface area (TPSA) is 73.7 Å². The van der Waals surface area contributed by atoms with Crippen LogP contribution in [0.1, 0.15) is 16.7 Å². The van der Waals surface area contributed by atoms with E-state index >= 15 is 0 Å². The number of rotatable bonds is 5. The number of amides is 1. The van der Waals surface area contributed by atoms with Gasteiger partial charge in [0.25, 0.3) is 5.91 Å². The zero-order chi connectivity index (χ0) is 16.8. The van der Waals surface area contributed by atoms with Crippen LogP contribution in [0, 0.1) is 13.8 Å². The lowest BCUT2D eigenvalue weighted by atomic mass is 10.1. The molecule has 3 N–H and O–H groups in total. The molecule has 0 unspecified atom stereocenters. The fourth-order valence-electron chi connectivity index (χ4n) is 2.02. The zero-order valence-electron chi connectivity index (χ0n) is 12.9. The van der Waals surface area contributed by atoms with E-state index in [1.807, 2.05) is 31.2 Å². The summed E-state index contributed by atoms with van der Waals surface area (Å²) in [6, 6.07) is 11.3. The molecule has 0 aliphatic heterocycles. The van der Waals surface area contributed by atoms with Crippen LogP contribution in [0.4, 0.5) is 5.69 Å². The highest BCUT2D eigenvalue weighted by molar-refractivity contribution is 9.10. The van der Waals surface area contributed by atoms with Crippen LogP contribution in [0.25, 0.3) is 0 Å². The van der Waals surface area contributed by atoms with Gasteiger partial charge in [0.2, 0.25) is 0 Å². The molecule has 0 saturated heterocycles. The summed E-state index contributed by atoms with van der Waals surface area (Å²) in [7, 11) is 0. The Kier molecular flexibility index (Phi) is 5.76. The Labute approximate surface area is 143 Å². The first kappa shape index (κ1) is 17.0. The zero-order valence-corrected chi connectivity index (χ0v) is 14.5. The van der Waals surface area contributed by atoms with Gasteiger partial charge < -0.3 is 10.4 Å². The number of para-hydroxylation sites is 1. The number of hydrazone groups is 1. The van der Waals surface area contributed by atoms with E-state index in [9.17, 15) is 9.90 Å². The van der Waals surface area contributed by atoms with E-state index in [1.165, 1.54) is 6.21 Å². The van der Waals surface area contributed by atoms with Crippen molar-refractivity contribution >= 4 is 33.7 Å². The Balaban J connectivity index is 1.91. The molecular formula is C17H18BrN3O2. The van der Waals surface area contributed by atoms with E-state index in [4.69, 9.17) is 0 Å². The molecule has 0 atom stereocenters. The minimum absolute atomic E-state index is 0.117. The smallest absolute Gasteiger partial charge is 0.259 e. The molecule has 0 fully saturated rings. The lowest BCUT2D eigenvalue weighted by molar-refractivity contribution is -0.119. The van der Waals surface area contributed by atoms with Gasteiger partial charge in [0, 0.05) is 15.7 Å². The molecule has 0 radical (unpaired) electrons. The number of anilines is 1. The number of phenolic OH excluding ortho intramolecular Hbond substituents is 1. The molecule has 2 aromatic rings. The second kappa shape index (κ2) is 7.78. The van der Waals surface area contributed by atoms with Crippen molar-refractivity contribution in [2.24, 2.45) is 5.10 Å². The Morgan fingerprint density at radius 1 is 1.26 bits per heavy atom. The maximum atomic E-state index is 11.8. The van der Waals surface area contributed by atoms with Crippen molar-refractivity contribution in [3.8, 4) is 5.75 Å². The summed E-state index contributed by atoms with van der Waals surface area (Å²) in [5.74, 6) is -0.125. The second-order valence-electron chi connectivity index (χ2n) is 5.12. The van der Waals surface area contributed by atoms with Crippen LogP contribution in [-0.4, -0.2) is 23.8 Å². The standard InChI is InChI=1S/C17H18BrN3O2/c1-11-5-3-4-6-15(11)19-10-16(22)21-20-9-13-8-14(18)7-12(2)17(13)23/h3-9,19,23H,10H2,1-2H3,(H,21,22)/b20-9-. The van der Waals surface area contributed by atoms with E-state index in [0.717, 1.165) is 21.3 Å². The number of aromatic hydroxyl groups is 1. The number of carbonyl (C=O) groups is 1. The predicted molar refractivity (Wildman–Crippen MR) is 95.9 cm³/mol. The molecule has 0 spiro atoms. The maximum Gasteiger partial charge on any atom is 0.259 e. The highest BCUT2D eigenvalue weighted by atomic mass is 79.9. The Morgan fingerprint density at radius 2 is 2.00 bits per heavy atom. The number of aryl methyl sites for hydroxylation is 2. The molecule has 0 heterocycles. The fraction of sp³-hybridized carbons (Fsp3) is 0.176. The van der Waals surface area contributed by atoms with Crippen molar-refractivity contribution in [2.45, 2.75) is 13.8 Å². The third-order valence-corrected chi connectivity index (χ3v) is 3.73. The van der Waals surface area contributed by atoms with Gasteiger partial charge in [-0.15, -0.1) is 0 Å². The Hall–Kier alpha value is -2.34. The molecule has 6 heteroatoms. The van der Waals surface area contributed by atoms with Crippen molar-refractivity contribution < 1.29 is 9.90 Å². The summed E-state index contributed by atoms with van der Waals surface area (Å²) in [4.78, 5) is 11.8. The van der Waals surface area contributed by atoms with E-state index in [2.05, 4.69) is 31.8 Å². The van der Waals surface area contributed by atoms with Gasteiger partial charge >= 0.3 is 0 Å². The Morgan fingerprint density at radius 3 is 2.74 bits per heavy atom. The minimum atomic E-state index is -0.268. The number of hydrogen-bond acceptors (Lipinski definition) is 4. The summed E-state index contributed by atoms with van der Waals surface area (Å²) in [6.45, 7) is 3.88. The van der Waals surface area contributed by atoms with Crippen LogP contribution in [0.3, 0.4) is 0 Å². The number of nitrogens with zero attached hydrogens (tertiary/aromatic N) is 1.